The zero-order valence-corrected chi connectivity index (χ0v) is 18.8. The quantitative estimate of drug-likeness (QED) is 0.555. The van der Waals surface area contributed by atoms with Crippen molar-refractivity contribution >= 4 is 40.4 Å². The molecule has 3 unspecified atom stereocenters. The van der Waals surface area contributed by atoms with Crippen LogP contribution in [0.5, 0.6) is 0 Å². The third kappa shape index (κ3) is 4.80. The molecule has 0 bridgehead atoms. The van der Waals surface area contributed by atoms with Crippen LogP contribution in [0.1, 0.15) is 34.1 Å². The Labute approximate surface area is 180 Å². The third-order valence-electron chi connectivity index (χ3n) is 5.64. The largest absolute Gasteiger partial charge is 0.417 e. The summed E-state index contributed by atoms with van der Waals surface area (Å²) in [6.45, 7) is 8.22. The number of nitrogens with one attached hydrogen (secondary N) is 3. The van der Waals surface area contributed by atoms with Gasteiger partial charge in [0.15, 0.2) is 5.58 Å². The minimum atomic E-state index is -0.632. The van der Waals surface area contributed by atoms with Crippen LogP contribution >= 0.6 is 11.8 Å². The van der Waals surface area contributed by atoms with Gasteiger partial charge in [-0.15, -0.1) is 0 Å². The molecule has 1 saturated carbocycles. The van der Waals surface area contributed by atoms with Crippen LogP contribution in [0.4, 0.5) is 5.69 Å². The number of hydrogen-bond acceptors (Lipinski definition) is 5. The van der Waals surface area contributed by atoms with Crippen LogP contribution in [-0.2, 0) is 9.59 Å². The molecule has 1 fully saturated rings. The number of aromatic nitrogens is 1. The van der Waals surface area contributed by atoms with Gasteiger partial charge in [0.1, 0.15) is 6.04 Å². The molecule has 30 heavy (non-hydrogen) atoms. The van der Waals surface area contributed by atoms with Gasteiger partial charge in [0.05, 0.1) is 11.4 Å². The number of carbonyl (C=O) groups is 2. The monoisotopic (exact) mass is 431 g/mol. The second kappa shape index (κ2) is 8.71. The molecular formula is C22H29N3O4S. The molecular weight excluding hydrogens is 402 g/mol. The maximum atomic E-state index is 12.9. The Bertz CT molecular complexity index is 1030. The van der Waals surface area contributed by atoms with Gasteiger partial charge in [-0.2, -0.15) is 11.8 Å². The van der Waals surface area contributed by atoms with Crippen LogP contribution in [0.3, 0.4) is 0 Å². The highest BCUT2D eigenvalue weighted by atomic mass is 32.2. The van der Waals surface area contributed by atoms with Gasteiger partial charge in [-0.25, -0.2) is 4.79 Å². The summed E-state index contributed by atoms with van der Waals surface area (Å²) < 4.78 is 4.98. The van der Waals surface area contributed by atoms with Gasteiger partial charge in [0.2, 0.25) is 11.8 Å². The minimum absolute atomic E-state index is 0.0848. The number of amides is 2. The molecule has 1 heterocycles. The summed E-state index contributed by atoms with van der Waals surface area (Å²) in [6.07, 6.45) is 4.64. The third-order valence-corrected chi connectivity index (χ3v) is 6.28. The van der Waals surface area contributed by atoms with Crippen molar-refractivity contribution in [2.45, 2.75) is 40.2 Å². The molecule has 2 aromatic rings. The van der Waals surface area contributed by atoms with Crippen molar-refractivity contribution in [3.8, 4) is 0 Å². The van der Waals surface area contributed by atoms with E-state index in [-0.39, 0.29) is 29.1 Å². The lowest BCUT2D eigenvalue weighted by Crippen LogP contribution is -2.45. The number of anilines is 1. The van der Waals surface area contributed by atoms with Gasteiger partial charge < -0.3 is 15.1 Å². The summed E-state index contributed by atoms with van der Waals surface area (Å²) in [5, 5.41) is 5.81. The van der Waals surface area contributed by atoms with Crippen LogP contribution < -0.4 is 16.4 Å². The highest BCUT2D eigenvalue weighted by Crippen LogP contribution is 2.59. The maximum absolute atomic E-state index is 12.9. The molecule has 1 aromatic heterocycles. The van der Waals surface area contributed by atoms with E-state index in [1.165, 1.54) is 5.57 Å². The summed E-state index contributed by atoms with van der Waals surface area (Å²) >= 11 is 1.63. The molecule has 3 rings (SSSR count). The molecule has 0 saturated heterocycles. The van der Waals surface area contributed by atoms with Gasteiger partial charge in [-0.05, 0) is 61.8 Å². The van der Waals surface area contributed by atoms with Crippen LogP contribution in [0.15, 0.2) is 39.1 Å². The molecule has 7 nitrogen and oxygen atoms in total. The van der Waals surface area contributed by atoms with Crippen molar-refractivity contribution in [3.63, 3.8) is 0 Å². The molecule has 0 spiro atoms. The van der Waals surface area contributed by atoms with E-state index in [2.05, 4.69) is 35.5 Å². The zero-order valence-electron chi connectivity index (χ0n) is 18.0. The molecule has 162 valence electrons. The van der Waals surface area contributed by atoms with E-state index >= 15 is 0 Å². The first-order valence-corrected chi connectivity index (χ1v) is 11.4. The van der Waals surface area contributed by atoms with Crippen molar-refractivity contribution in [2.24, 2.45) is 17.3 Å². The smallest absolute Gasteiger partial charge is 0.408 e. The lowest BCUT2D eigenvalue weighted by molar-refractivity contribution is -0.128. The Kier molecular flexibility index (Phi) is 6.45. The van der Waals surface area contributed by atoms with E-state index in [1.54, 1.807) is 30.0 Å². The molecule has 2 amide bonds. The number of fused-ring (bicyclic) bond motifs is 1. The Morgan fingerprint density at radius 3 is 2.73 bits per heavy atom. The Morgan fingerprint density at radius 2 is 2.07 bits per heavy atom. The second-order valence-corrected chi connectivity index (χ2v) is 9.61. The first-order valence-electron chi connectivity index (χ1n) is 10.0. The molecule has 3 atom stereocenters. The van der Waals surface area contributed by atoms with E-state index in [1.807, 2.05) is 20.1 Å². The number of H-pyrrole nitrogens is 1. The highest BCUT2D eigenvalue weighted by molar-refractivity contribution is 7.98. The summed E-state index contributed by atoms with van der Waals surface area (Å²) in [6, 6.07) is 4.29. The van der Waals surface area contributed by atoms with Crippen LogP contribution in [0, 0.1) is 17.3 Å². The van der Waals surface area contributed by atoms with Gasteiger partial charge in [0, 0.05) is 5.69 Å². The number of thioether (sulfide) groups is 1. The van der Waals surface area contributed by atoms with Crippen molar-refractivity contribution in [1.82, 2.24) is 10.3 Å². The van der Waals surface area contributed by atoms with Gasteiger partial charge in [-0.1, -0.05) is 25.5 Å². The highest BCUT2D eigenvalue weighted by Gasteiger charge is 2.60. The molecule has 0 radical (unpaired) electrons. The fraction of sp³-hybridized carbons (Fsp3) is 0.500. The van der Waals surface area contributed by atoms with Crippen molar-refractivity contribution in [1.29, 1.82) is 0 Å². The van der Waals surface area contributed by atoms with Crippen molar-refractivity contribution in [2.75, 3.05) is 17.3 Å². The minimum Gasteiger partial charge on any atom is -0.408 e. The van der Waals surface area contributed by atoms with Gasteiger partial charge >= 0.3 is 5.76 Å². The molecule has 1 aliphatic rings. The first-order chi connectivity index (χ1) is 14.1. The fourth-order valence-corrected chi connectivity index (χ4v) is 4.35. The summed E-state index contributed by atoms with van der Waals surface area (Å²) in [4.78, 5) is 39.7. The normalized spacial score (nSPS) is 20.4. The SMILES string of the molecule is CSCCC(NC(=O)C1C(C=C(C)C)C1(C)C)C(=O)Nc1ccc2oc(=O)[nH]c2c1. The Hall–Kier alpha value is -2.48. The van der Waals surface area contributed by atoms with Crippen LogP contribution in [0.25, 0.3) is 11.1 Å². The average Bonchev–Trinajstić information content (AvgIpc) is 3.00. The van der Waals surface area contributed by atoms with Crippen LogP contribution in [-0.4, -0.2) is 34.8 Å². The van der Waals surface area contributed by atoms with E-state index in [9.17, 15) is 14.4 Å². The van der Waals surface area contributed by atoms with E-state index in [4.69, 9.17) is 4.42 Å². The van der Waals surface area contributed by atoms with Crippen molar-refractivity contribution < 1.29 is 14.0 Å². The number of allylic oxidation sites excluding steroid dienone is 2. The fourth-order valence-electron chi connectivity index (χ4n) is 3.87. The number of hydrogen-bond donors (Lipinski definition) is 3. The number of aromatic amines is 1. The molecule has 1 aromatic carbocycles. The van der Waals surface area contributed by atoms with Crippen molar-refractivity contribution in [3.05, 3.63) is 40.4 Å². The second-order valence-electron chi connectivity index (χ2n) is 8.63. The molecule has 8 heteroatoms. The predicted octanol–water partition coefficient (Wildman–Crippen LogP) is 3.54. The average molecular weight is 432 g/mol. The Balaban J connectivity index is 1.71. The maximum Gasteiger partial charge on any atom is 0.417 e. The van der Waals surface area contributed by atoms with E-state index in [0.717, 1.165) is 5.75 Å². The van der Waals surface area contributed by atoms with Gasteiger partial charge in [0.25, 0.3) is 0 Å². The number of rotatable bonds is 8. The number of carbonyl (C=O) groups excluding carboxylic acids is 2. The standard InChI is InChI=1S/C22H29N3O4S/c1-12(2)10-14-18(22(14,3)4)20(27)24-15(8-9-30-5)19(26)23-13-6-7-17-16(11-13)25-21(28)29-17/h6-7,10-11,14-15,18H,8-9H2,1-5H3,(H,23,26)(H,24,27)(H,25,28). The lowest BCUT2D eigenvalue weighted by atomic mass is 10.1. The molecule has 0 aliphatic heterocycles. The molecule has 3 N–H and O–H groups in total. The topological polar surface area (TPSA) is 104 Å². The number of oxazole rings is 1. The Morgan fingerprint density at radius 1 is 1.33 bits per heavy atom. The summed E-state index contributed by atoms with van der Waals surface area (Å²) in [7, 11) is 0. The zero-order chi connectivity index (χ0) is 22.1. The first kappa shape index (κ1) is 22.2. The predicted molar refractivity (Wildman–Crippen MR) is 121 cm³/mol. The van der Waals surface area contributed by atoms with Gasteiger partial charge in [-0.3, -0.25) is 14.6 Å². The van der Waals surface area contributed by atoms with E-state index in [0.29, 0.717) is 23.2 Å². The lowest BCUT2D eigenvalue weighted by Gasteiger charge is -2.19. The summed E-state index contributed by atoms with van der Waals surface area (Å²) in [5.41, 5.74) is 2.54. The van der Waals surface area contributed by atoms with Crippen LogP contribution in [0.2, 0.25) is 0 Å². The summed E-state index contributed by atoms with van der Waals surface area (Å²) in [5.74, 6) is -0.107. The number of benzene rings is 1. The molecule has 1 aliphatic carbocycles. The van der Waals surface area contributed by atoms with E-state index < -0.39 is 11.8 Å².